The summed E-state index contributed by atoms with van der Waals surface area (Å²) in [6.45, 7) is 7.44. The van der Waals surface area contributed by atoms with Gasteiger partial charge in [0.2, 0.25) is 0 Å². The summed E-state index contributed by atoms with van der Waals surface area (Å²) in [4.78, 5) is 31.6. The number of amides is 2. The van der Waals surface area contributed by atoms with Crippen molar-refractivity contribution < 1.29 is 19.1 Å². The second kappa shape index (κ2) is 9.20. The Morgan fingerprint density at radius 2 is 1.91 bits per heavy atom. The highest BCUT2D eigenvalue weighted by Gasteiger charge is 2.29. The third-order valence-corrected chi connectivity index (χ3v) is 6.42. The normalized spacial score (nSPS) is 18.6. The predicted octanol–water partition coefficient (Wildman–Crippen LogP) is 4.10. The molecule has 1 atom stereocenters. The van der Waals surface area contributed by atoms with Gasteiger partial charge in [-0.05, 0) is 39.7 Å². The lowest BCUT2D eigenvalue weighted by Crippen LogP contribution is -2.41. The average molecular weight is 478 g/mol. The number of likely N-dealkylation sites (tertiary alicyclic amines) is 1. The number of fused-ring (bicyclic) bond motifs is 2. The van der Waals surface area contributed by atoms with Gasteiger partial charge < -0.3 is 19.7 Å². The Morgan fingerprint density at radius 1 is 1.14 bits per heavy atom. The number of nitrogens with zero attached hydrogens (tertiary/aromatic N) is 4. The van der Waals surface area contributed by atoms with E-state index >= 15 is 0 Å². The number of aromatic nitrogens is 3. The number of carbonyl (C=O) groups is 2. The number of benzene rings is 1. The third-order valence-electron chi connectivity index (χ3n) is 6.42. The van der Waals surface area contributed by atoms with Crippen LogP contribution in [0.15, 0.2) is 42.7 Å². The van der Waals surface area contributed by atoms with Crippen molar-refractivity contribution in [3.8, 4) is 5.75 Å². The molecule has 0 radical (unpaired) electrons. The van der Waals surface area contributed by atoms with E-state index < -0.39 is 5.60 Å². The SMILES string of the molecule is CC(C)(C)OC(=O)N1CCC(c2cc3ncc(C(=O)N[C@H]4CCOc5ccccc54)cn3n2)CC1. The van der Waals surface area contributed by atoms with Crippen LogP contribution in [0.5, 0.6) is 5.75 Å². The Hall–Kier alpha value is -3.62. The van der Waals surface area contributed by atoms with Crippen molar-refractivity contribution in [2.45, 2.75) is 57.6 Å². The van der Waals surface area contributed by atoms with Crippen molar-refractivity contribution in [1.82, 2.24) is 24.8 Å². The molecule has 9 heteroatoms. The van der Waals surface area contributed by atoms with Crippen LogP contribution in [0.3, 0.4) is 0 Å². The van der Waals surface area contributed by atoms with E-state index in [0.717, 1.165) is 29.8 Å². The number of ether oxygens (including phenoxy) is 2. The second-order valence-electron chi connectivity index (χ2n) is 10.2. The van der Waals surface area contributed by atoms with Crippen LogP contribution in [0, 0.1) is 0 Å². The average Bonchev–Trinajstić information content (AvgIpc) is 3.27. The number of hydrogen-bond acceptors (Lipinski definition) is 6. The molecule has 1 fully saturated rings. The van der Waals surface area contributed by atoms with E-state index in [1.165, 1.54) is 0 Å². The molecule has 35 heavy (non-hydrogen) atoms. The largest absolute Gasteiger partial charge is 0.493 e. The Bertz CT molecular complexity index is 1240. The van der Waals surface area contributed by atoms with Crippen LogP contribution in [0.4, 0.5) is 4.79 Å². The van der Waals surface area contributed by atoms with E-state index in [1.807, 2.05) is 51.1 Å². The number of piperidine rings is 1. The smallest absolute Gasteiger partial charge is 0.410 e. The molecule has 184 valence electrons. The van der Waals surface area contributed by atoms with Gasteiger partial charge in [0.15, 0.2) is 5.65 Å². The topological polar surface area (TPSA) is 98.1 Å². The quantitative estimate of drug-likeness (QED) is 0.610. The Kier molecular flexibility index (Phi) is 6.08. The minimum atomic E-state index is -0.501. The molecule has 0 aliphatic carbocycles. The number of para-hydroxylation sites is 1. The molecule has 4 heterocycles. The van der Waals surface area contributed by atoms with Crippen molar-refractivity contribution in [2.24, 2.45) is 0 Å². The molecule has 2 aromatic heterocycles. The molecule has 5 rings (SSSR count). The van der Waals surface area contributed by atoms with Crippen molar-refractivity contribution in [3.05, 3.63) is 59.5 Å². The molecule has 1 aromatic carbocycles. The van der Waals surface area contributed by atoms with Gasteiger partial charge in [-0.25, -0.2) is 14.3 Å². The highest BCUT2D eigenvalue weighted by molar-refractivity contribution is 5.94. The maximum absolute atomic E-state index is 13.0. The van der Waals surface area contributed by atoms with E-state index in [4.69, 9.17) is 14.6 Å². The van der Waals surface area contributed by atoms with Crippen molar-refractivity contribution in [2.75, 3.05) is 19.7 Å². The van der Waals surface area contributed by atoms with Gasteiger partial charge in [-0.15, -0.1) is 0 Å². The maximum Gasteiger partial charge on any atom is 0.410 e. The predicted molar refractivity (Wildman–Crippen MR) is 130 cm³/mol. The zero-order valence-electron chi connectivity index (χ0n) is 20.4. The molecule has 0 bridgehead atoms. The number of carbonyl (C=O) groups excluding carboxylic acids is 2. The van der Waals surface area contributed by atoms with E-state index in [1.54, 1.807) is 21.8 Å². The molecule has 2 aliphatic heterocycles. The van der Waals surface area contributed by atoms with Crippen LogP contribution in [0.25, 0.3) is 5.65 Å². The molecule has 0 unspecified atom stereocenters. The summed E-state index contributed by atoms with van der Waals surface area (Å²) in [5, 5.41) is 7.82. The van der Waals surface area contributed by atoms with E-state index in [-0.39, 0.29) is 24.0 Å². The fourth-order valence-corrected chi connectivity index (χ4v) is 4.63. The lowest BCUT2D eigenvalue weighted by atomic mass is 9.94. The highest BCUT2D eigenvalue weighted by Crippen LogP contribution is 2.32. The van der Waals surface area contributed by atoms with Gasteiger partial charge in [0.25, 0.3) is 5.91 Å². The zero-order valence-corrected chi connectivity index (χ0v) is 20.4. The fraction of sp³-hybridized carbons (Fsp3) is 0.462. The summed E-state index contributed by atoms with van der Waals surface area (Å²) in [7, 11) is 0. The lowest BCUT2D eigenvalue weighted by molar-refractivity contribution is 0.0204. The minimum Gasteiger partial charge on any atom is -0.493 e. The van der Waals surface area contributed by atoms with E-state index in [0.29, 0.717) is 37.3 Å². The van der Waals surface area contributed by atoms with Gasteiger partial charge in [-0.2, -0.15) is 5.10 Å². The monoisotopic (exact) mass is 477 g/mol. The molecule has 0 saturated carbocycles. The number of hydrogen-bond donors (Lipinski definition) is 1. The van der Waals surface area contributed by atoms with Gasteiger partial charge in [0, 0.05) is 49.5 Å². The fourth-order valence-electron chi connectivity index (χ4n) is 4.63. The summed E-state index contributed by atoms with van der Waals surface area (Å²) >= 11 is 0. The second-order valence-corrected chi connectivity index (χ2v) is 10.2. The van der Waals surface area contributed by atoms with Gasteiger partial charge in [0.05, 0.1) is 23.9 Å². The summed E-state index contributed by atoms with van der Waals surface area (Å²) in [5.41, 5.74) is 2.56. The molecule has 1 saturated heterocycles. The summed E-state index contributed by atoms with van der Waals surface area (Å²) in [6.07, 6.45) is 5.37. The van der Waals surface area contributed by atoms with E-state index in [9.17, 15) is 9.59 Å². The first-order chi connectivity index (χ1) is 16.8. The van der Waals surface area contributed by atoms with Gasteiger partial charge in [-0.1, -0.05) is 18.2 Å². The molecule has 0 spiro atoms. The first-order valence-electron chi connectivity index (χ1n) is 12.1. The molecule has 9 nitrogen and oxygen atoms in total. The maximum atomic E-state index is 13.0. The molecular weight excluding hydrogens is 446 g/mol. The zero-order chi connectivity index (χ0) is 24.6. The molecule has 1 N–H and O–H groups in total. The first kappa shape index (κ1) is 23.1. The summed E-state index contributed by atoms with van der Waals surface area (Å²) in [5.74, 6) is 0.849. The molecule has 2 aliphatic rings. The van der Waals surface area contributed by atoms with Crippen LogP contribution >= 0.6 is 0 Å². The van der Waals surface area contributed by atoms with Crippen molar-refractivity contribution >= 4 is 17.6 Å². The Labute approximate surface area is 204 Å². The van der Waals surface area contributed by atoms with Crippen molar-refractivity contribution in [1.29, 1.82) is 0 Å². The van der Waals surface area contributed by atoms with Crippen LogP contribution in [0.1, 0.15) is 73.6 Å². The highest BCUT2D eigenvalue weighted by atomic mass is 16.6. The Balaban J connectivity index is 1.25. The molecule has 3 aromatic rings. The number of nitrogens with one attached hydrogen (secondary N) is 1. The van der Waals surface area contributed by atoms with Crippen LogP contribution in [-0.4, -0.2) is 56.8 Å². The standard InChI is InChI=1S/C26H31N5O4/c1-26(2,3)35-25(33)30-11-8-17(9-12-30)21-14-23-27-15-18(16-31(23)29-21)24(32)28-20-10-13-34-22-7-5-4-6-19(20)22/h4-7,14-17,20H,8-13H2,1-3H3,(H,28,32)/t20-/m0/s1. The van der Waals surface area contributed by atoms with E-state index in [2.05, 4.69) is 10.3 Å². The van der Waals surface area contributed by atoms with Gasteiger partial charge in [0.1, 0.15) is 11.4 Å². The summed E-state index contributed by atoms with van der Waals surface area (Å²) < 4.78 is 12.9. The van der Waals surface area contributed by atoms with Crippen LogP contribution in [-0.2, 0) is 4.74 Å². The van der Waals surface area contributed by atoms with Crippen molar-refractivity contribution in [3.63, 3.8) is 0 Å². The Morgan fingerprint density at radius 3 is 2.69 bits per heavy atom. The molecule has 2 amide bonds. The van der Waals surface area contributed by atoms with Crippen LogP contribution < -0.4 is 10.1 Å². The van der Waals surface area contributed by atoms with Crippen LogP contribution in [0.2, 0.25) is 0 Å². The van der Waals surface area contributed by atoms with Gasteiger partial charge in [-0.3, -0.25) is 4.79 Å². The lowest BCUT2D eigenvalue weighted by Gasteiger charge is -2.32. The summed E-state index contributed by atoms with van der Waals surface area (Å²) in [6, 6.07) is 9.64. The number of rotatable bonds is 3. The van der Waals surface area contributed by atoms with Gasteiger partial charge >= 0.3 is 6.09 Å². The first-order valence-corrected chi connectivity index (χ1v) is 12.1. The third kappa shape index (κ3) is 5.08. The molecular formula is C26H31N5O4. The minimum absolute atomic E-state index is 0.105.